The van der Waals surface area contributed by atoms with Gasteiger partial charge >= 0.3 is 0 Å². The molecule has 0 fully saturated rings. The Bertz CT molecular complexity index is 561. The molecule has 0 aliphatic heterocycles. The second-order valence-corrected chi connectivity index (χ2v) is 5.02. The summed E-state index contributed by atoms with van der Waals surface area (Å²) in [4.78, 5) is 12.4. The van der Waals surface area contributed by atoms with Gasteiger partial charge in [0.1, 0.15) is 0 Å². The molecule has 0 amide bonds. The van der Waals surface area contributed by atoms with Crippen molar-refractivity contribution in [2.45, 2.75) is 45.6 Å². The summed E-state index contributed by atoms with van der Waals surface area (Å²) in [6, 6.07) is 0. The van der Waals surface area contributed by atoms with E-state index in [-0.39, 0.29) is 30.3 Å². The van der Waals surface area contributed by atoms with Gasteiger partial charge in [0.25, 0.3) is 5.56 Å². The van der Waals surface area contributed by atoms with Gasteiger partial charge < -0.3 is 15.6 Å². The topological polar surface area (TPSA) is 86.3 Å². The minimum absolute atomic E-state index is 0.0269. The van der Waals surface area contributed by atoms with E-state index in [4.69, 9.17) is 10.5 Å². The van der Waals surface area contributed by atoms with Crippen LogP contribution in [0.15, 0.2) is 4.79 Å². The molecule has 1 aromatic rings. The highest BCUT2D eigenvalue weighted by atomic mass is 16.3. The fraction of sp³-hybridized carbons (Fsp3) is 0.571. The van der Waals surface area contributed by atoms with Crippen LogP contribution in [0.1, 0.15) is 42.9 Å². The Labute approximate surface area is 112 Å². The molecule has 1 heterocycles. The summed E-state index contributed by atoms with van der Waals surface area (Å²) < 4.78 is 1.19. The lowest BCUT2D eigenvalue weighted by Gasteiger charge is -2.17. The van der Waals surface area contributed by atoms with E-state index in [1.54, 1.807) is 6.92 Å². The molecule has 0 spiro atoms. The minimum Gasteiger partial charge on any atom is -0.494 e. The fourth-order valence-electron chi connectivity index (χ4n) is 2.82. The zero-order valence-electron chi connectivity index (χ0n) is 11.2. The molecule has 2 rings (SSSR count). The average Bonchev–Trinajstić information content (AvgIpc) is 2.60. The summed E-state index contributed by atoms with van der Waals surface area (Å²) in [5.74, 6) is -0.0269. The number of hydrogen-bond donors (Lipinski definition) is 3. The molecule has 5 heteroatoms. The van der Waals surface area contributed by atoms with Crippen LogP contribution in [0.2, 0.25) is 0 Å². The lowest BCUT2D eigenvalue weighted by Crippen LogP contribution is -2.30. The monoisotopic (exact) mass is 264 g/mol. The predicted octanol–water partition coefficient (Wildman–Crippen LogP) is 1.20. The number of fused-ring (bicyclic) bond motifs is 1. The third-order valence-electron chi connectivity index (χ3n) is 3.70. The number of aliphatic hydroxyl groups is 1. The van der Waals surface area contributed by atoms with E-state index in [0.717, 1.165) is 43.2 Å². The summed E-state index contributed by atoms with van der Waals surface area (Å²) in [6.07, 6.45) is 4.50. The van der Waals surface area contributed by atoms with Gasteiger partial charge in [-0.05, 0) is 38.2 Å². The van der Waals surface area contributed by atoms with E-state index in [2.05, 4.69) is 0 Å². The fourth-order valence-corrected chi connectivity index (χ4v) is 2.82. The van der Waals surface area contributed by atoms with Crippen molar-refractivity contribution in [3.8, 4) is 5.88 Å². The number of aromatic hydroxyl groups is 1. The second-order valence-electron chi connectivity index (χ2n) is 5.02. The first-order valence-electron chi connectivity index (χ1n) is 6.71. The van der Waals surface area contributed by atoms with Gasteiger partial charge in [-0.2, -0.15) is 0 Å². The molecular weight excluding hydrogens is 244 g/mol. The Hall–Kier alpha value is -1.62. The van der Waals surface area contributed by atoms with Gasteiger partial charge in [0.05, 0.1) is 18.7 Å². The molecule has 0 unspecified atom stereocenters. The normalized spacial score (nSPS) is 14.8. The van der Waals surface area contributed by atoms with Gasteiger partial charge in [-0.3, -0.25) is 9.36 Å². The Morgan fingerprint density at radius 2 is 1.89 bits per heavy atom. The van der Waals surface area contributed by atoms with Crippen molar-refractivity contribution >= 4 is 5.71 Å². The molecule has 1 aromatic heterocycles. The van der Waals surface area contributed by atoms with Crippen LogP contribution in [-0.4, -0.2) is 27.1 Å². The molecule has 0 bridgehead atoms. The Kier molecular flexibility index (Phi) is 4.04. The average molecular weight is 264 g/mol. The third-order valence-corrected chi connectivity index (χ3v) is 3.70. The van der Waals surface area contributed by atoms with E-state index in [0.29, 0.717) is 5.56 Å². The lowest BCUT2D eigenvalue weighted by molar-refractivity contribution is 0.263. The Balaban J connectivity index is 2.75. The highest BCUT2D eigenvalue weighted by Crippen LogP contribution is 2.29. The maximum Gasteiger partial charge on any atom is 0.262 e. The van der Waals surface area contributed by atoms with Crippen molar-refractivity contribution in [1.82, 2.24) is 4.57 Å². The number of pyridine rings is 1. The summed E-state index contributed by atoms with van der Waals surface area (Å²) in [6.45, 7) is 1.46. The molecule has 1 aliphatic rings. The highest BCUT2D eigenvalue weighted by molar-refractivity contribution is 5.97. The summed E-state index contributed by atoms with van der Waals surface area (Å²) in [7, 11) is 0. The van der Waals surface area contributed by atoms with Crippen molar-refractivity contribution < 1.29 is 10.2 Å². The maximum absolute atomic E-state index is 12.4. The Morgan fingerprint density at radius 3 is 2.47 bits per heavy atom. The number of aliphatic hydroxyl groups excluding tert-OH is 1. The molecule has 3 N–H and O–H groups in total. The summed E-state index contributed by atoms with van der Waals surface area (Å²) in [5.41, 5.74) is 1.89. The molecule has 0 saturated heterocycles. The molecule has 0 aromatic carbocycles. The number of hydrogen-bond acceptors (Lipinski definition) is 4. The SMILES string of the molecule is CC(=N)c1c2c(c(O)n(CCO)c1=O)CCCCC2. The standard InChI is InChI=1S/C14H20N2O3/c1-9(15)12-10-5-3-2-4-6-11(10)13(18)16(7-8-17)14(12)19/h15,17-18H,2-8H2,1H3. The van der Waals surface area contributed by atoms with Crippen LogP contribution in [0.25, 0.3) is 0 Å². The van der Waals surface area contributed by atoms with Gasteiger partial charge in [0, 0.05) is 11.3 Å². The molecule has 1 aliphatic carbocycles. The van der Waals surface area contributed by atoms with Crippen LogP contribution >= 0.6 is 0 Å². The van der Waals surface area contributed by atoms with Gasteiger partial charge in [0.15, 0.2) is 5.88 Å². The molecule has 0 saturated carbocycles. The van der Waals surface area contributed by atoms with Crippen LogP contribution < -0.4 is 5.56 Å². The van der Waals surface area contributed by atoms with Crippen molar-refractivity contribution in [1.29, 1.82) is 5.41 Å². The van der Waals surface area contributed by atoms with E-state index in [1.165, 1.54) is 4.57 Å². The molecular formula is C14H20N2O3. The molecule has 19 heavy (non-hydrogen) atoms. The first-order valence-corrected chi connectivity index (χ1v) is 6.71. The highest BCUT2D eigenvalue weighted by Gasteiger charge is 2.23. The van der Waals surface area contributed by atoms with Gasteiger partial charge in [-0.15, -0.1) is 0 Å². The van der Waals surface area contributed by atoms with Crippen LogP contribution in [0, 0.1) is 5.41 Å². The van der Waals surface area contributed by atoms with E-state index < -0.39 is 0 Å². The molecule has 104 valence electrons. The number of nitrogens with one attached hydrogen (secondary N) is 1. The van der Waals surface area contributed by atoms with Gasteiger partial charge in [-0.25, -0.2) is 0 Å². The van der Waals surface area contributed by atoms with E-state index >= 15 is 0 Å². The van der Waals surface area contributed by atoms with Crippen LogP contribution in [0.4, 0.5) is 0 Å². The largest absolute Gasteiger partial charge is 0.494 e. The predicted molar refractivity (Wildman–Crippen MR) is 73.2 cm³/mol. The lowest BCUT2D eigenvalue weighted by atomic mass is 9.96. The first-order chi connectivity index (χ1) is 9.07. The number of nitrogens with zero attached hydrogens (tertiary/aromatic N) is 1. The van der Waals surface area contributed by atoms with Gasteiger partial charge in [-0.1, -0.05) is 6.42 Å². The zero-order chi connectivity index (χ0) is 14.0. The van der Waals surface area contributed by atoms with E-state index in [1.807, 2.05) is 0 Å². The second kappa shape index (κ2) is 5.57. The van der Waals surface area contributed by atoms with E-state index in [9.17, 15) is 9.90 Å². The minimum atomic E-state index is -0.361. The van der Waals surface area contributed by atoms with Crippen molar-refractivity contribution in [2.75, 3.05) is 6.61 Å². The van der Waals surface area contributed by atoms with Gasteiger partial charge in [0.2, 0.25) is 0 Å². The first kappa shape index (κ1) is 13.8. The summed E-state index contributed by atoms with van der Waals surface area (Å²) in [5, 5.41) is 27.1. The quantitative estimate of drug-likeness (QED) is 0.566. The van der Waals surface area contributed by atoms with Crippen molar-refractivity contribution in [2.24, 2.45) is 0 Å². The maximum atomic E-state index is 12.4. The summed E-state index contributed by atoms with van der Waals surface area (Å²) >= 11 is 0. The Morgan fingerprint density at radius 1 is 1.26 bits per heavy atom. The van der Waals surface area contributed by atoms with Crippen LogP contribution in [-0.2, 0) is 19.4 Å². The number of rotatable bonds is 3. The zero-order valence-corrected chi connectivity index (χ0v) is 11.2. The molecule has 0 atom stereocenters. The smallest absolute Gasteiger partial charge is 0.262 e. The van der Waals surface area contributed by atoms with Crippen molar-refractivity contribution in [3.63, 3.8) is 0 Å². The number of aromatic nitrogens is 1. The molecule has 5 nitrogen and oxygen atoms in total. The molecule has 0 radical (unpaired) electrons. The van der Waals surface area contributed by atoms with Crippen LogP contribution in [0.3, 0.4) is 0 Å². The third kappa shape index (κ3) is 2.42. The van der Waals surface area contributed by atoms with Crippen molar-refractivity contribution in [3.05, 3.63) is 27.0 Å². The van der Waals surface area contributed by atoms with Crippen LogP contribution in [0.5, 0.6) is 5.88 Å².